The monoisotopic (exact) mass is 296 g/mol. The quantitative estimate of drug-likeness (QED) is 0.643. The van der Waals surface area contributed by atoms with Gasteiger partial charge in [0.2, 0.25) is 0 Å². The Balaban J connectivity index is 2.22. The summed E-state index contributed by atoms with van der Waals surface area (Å²) in [5.74, 6) is 0.667. The molecule has 0 amide bonds. The summed E-state index contributed by atoms with van der Waals surface area (Å²) in [6, 6.07) is 6.26. The van der Waals surface area contributed by atoms with Crippen LogP contribution in [-0.4, -0.2) is 11.0 Å². The molecule has 0 saturated heterocycles. The third kappa shape index (κ3) is 3.61. The highest BCUT2D eigenvalue weighted by Gasteiger charge is 2.21. The van der Waals surface area contributed by atoms with Gasteiger partial charge >= 0.3 is 0 Å². The second-order valence-electron chi connectivity index (χ2n) is 5.39. The van der Waals surface area contributed by atoms with Crippen LogP contribution in [0.25, 0.3) is 0 Å². The normalized spacial score (nSPS) is 23.7. The number of thiocarbonyl (C=S) groups is 1. The Hall–Kier alpha value is -0.800. The number of hydrogen-bond donors (Lipinski definition) is 2. The van der Waals surface area contributed by atoms with Gasteiger partial charge in [-0.2, -0.15) is 0 Å². The average molecular weight is 297 g/mol. The molecule has 2 unspecified atom stereocenters. The molecule has 3 N–H and O–H groups in total. The highest BCUT2D eigenvalue weighted by Crippen LogP contribution is 2.29. The molecule has 2 rings (SSSR count). The summed E-state index contributed by atoms with van der Waals surface area (Å²) in [5.41, 5.74) is 7.54. The first-order valence-corrected chi connectivity index (χ1v) is 7.73. The SMILES string of the molecule is CC1CCCCCC1Nc1cccc(Cl)c1C(N)=S. The summed E-state index contributed by atoms with van der Waals surface area (Å²) in [4.78, 5) is 0.356. The summed E-state index contributed by atoms with van der Waals surface area (Å²) in [6.45, 7) is 2.31. The number of halogens is 1. The van der Waals surface area contributed by atoms with Gasteiger partial charge in [-0.25, -0.2) is 0 Å². The molecule has 0 aliphatic heterocycles. The minimum atomic E-state index is 0.356. The molecule has 0 bridgehead atoms. The highest BCUT2D eigenvalue weighted by atomic mass is 35.5. The van der Waals surface area contributed by atoms with Crippen LogP contribution in [0, 0.1) is 5.92 Å². The molecule has 2 atom stereocenters. The Kier molecular flexibility index (Phi) is 5.06. The summed E-state index contributed by atoms with van der Waals surface area (Å²) >= 11 is 11.3. The Morgan fingerprint density at radius 3 is 2.79 bits per heavy atom. The van der Waals surface area contributed by atoms with E-state index in [4.69, 9.17) is 29.6 Å². The second-order valence-corrected chi connectivity index (χ2v) is 6.24. The lowest BCUT2D eigenvalue weighted by atomic mass is 9.96. The number of anilines is 1. The van der Waals surface area contributed by atoms with Crippen molar-refractivity contribution in [1.82, 2.24) is 0 Å². The molecule has 2 nitrogen and oxygen atoms in total. The van der Waals surface area contributed by atoms with Crippen LogP contribution < -0.4 is 11.1 Å². The maximum absolute atomic E-state index is 6.20. The zero-order chi connectivity index (χ0) is 13.8. The molecule has 4 heteroatoms. The van der Waals surface area contributed by atoms with Gasteiger partial charge in [-0.05, 0) is 30.9 Å². The van der Waals surface area contributed by atoms with Crippen LogP contribution in [0.1, 0.15) is 44.6 Å². The van der Waals surface area contributed by atoms with Gasteiger partial charge in [0.25, 0.3) is 0 Å². The second kappa shape index (κ2) is 6.58. The van der Waals surface area contributed by atoms with Gasteiger partial charge in [-0.15, -0.1) is 0 Å². The number of benzene rings is 1. The number of nitrogens with two attached hydrogens (primary N) is 1. The Morgan fingerprint density at radius 1 is 1.32 bits per heavy atom. The molecule has 1 saturated carbocycles. The highest BCUT2D eigenvalue weighted by molar-refractivity contribution is 7.80. The van der Waals surface area contributed by atoms with Crippen LogP contribution >= 0.6 is 23.8 Å². The molecule has 1 aromatic rings. The molecule has 1 aromatic carbocycles. The Labute approximate surface area is 125 Å². The molecule has 0 radical (unpaired) electrons. The van der Waals surface area contributed by atoms with Crippen molar-refractivity contribution in [1.29, 1.82) is 0 Å². The lowest BCUT2D eigenvalue weighted by Crippen LogP contribution is -2.27. The number of rotatable bonds is 3. The van der Waals surface area contributed by atoms with Crippen LogP contribution in [0.2, 0.25) is 5.02 Å². The summed E-state index contributed by atoms with van der Waals surface area (Å²) in [6.07, 6.45) is 6.42. The van der Waals surface area contributed by atoms with Crippen molar-refractivity contribution in [2.24, 2.45) is 11.7 Å². The van der Waals surface area contributed by atoms with Crippen molar-refractivity contribution in [2.45, 2.75) is 45.1 Å². The topological polar surface area (TPSA) is 38.0 Å². The summed E-state index contributed by atoms with van der Waals surface area (Å²) in [7, 11) is 0. The van der Waals surface area contributed by atoms with Gasteiger partial charge in [0.15, 0.2) is 0 Å². The predicted molar refractivity (Wildman–Crippen MR) is 87.0 cm³/mol. The van der Waals surface area contributed by atoms with Gasteiger partial charge in [0.1, 0.15) is 4.99 Å². The van der Waals surface area contributed by atoms with Crippen molar-refractivity contribution < 1.29 is 0 Å². The largest absolute Gasteiger partial charge is 0.389 e. The Bertz CT molecular complexity index is 461. The van der Waals surface area contributed by atoms with E-state index in [2.05, 4.69) is 12.2 Å². The van der Waals surface area contributed by atoms with Gasteiger partial charge < -0.3 is 11.1 Å². The number of nitrogens with one attached hydrogen (secondary N) is 1. The first-order chi connectivity index (χ1) is 9.09. The lowest BCUT2D eigenvalue weighted by molar-refractivity contribution is 0.456. The van der Waals surface area contributed by atoms with E-state index in [0.717, 1.165) is 11.3 Å². The molecule has 19 heavy (non-hydrogen) atoms. The predicted octanol–water partition coefficient (Wildman–Crippen LogP) is 4.35. The fourth-order valence-electron chi connectivity index (χ4n) is 2.80. The van der Waals surface area contributed by atoms with Crippen molar-refractivity contribution >= 4 is 34.5 Å². The van der Waals surface area contributed by atoms with Gasteiger partial charge in [0, 0.05) is 11.7 Å². The maximum atomic E-state index is 6.20. The fourth-order valence-corrected chi connectivity index (χ4v) is 3.35. The molecule has 0 heterocycles. The molecule has 0 spiro atoms. The molecular weight excluding hydrogens is 276 g/mol. The third-order valence-corrected chi connectivity index (χ3v) is 4.48. The number of hydrogen-bond acceptors (Lipinski definition) is 2. The van der Waals surface area contributed by atoms with E-state index in [-0.39, 0.29) is 0 Å². The zero-order valence-electron chi connectivity index (χ0n) is 11.3. The van der Waals surface area contributed by atoms with Crippen molar-refractivity contribution in [2.75, 3.05) is 5.32 Å². The molecule has 1 fully saturated rings. The molecule has 0 aromatic heterocycles. The van der Waals surface area contributed by atoms with E-state index in [1.165, 1.54) is 32.1 Å². The average Bonchev–Trinajstić information content (AvgIpc) is 2.54. The first-order valence-electron chi connectivity index (χ1n) is 6.94. The zero-order valence-corrected chi connectivity index (χ0v) is 12.9. The van der Waals surface area contributed by atoms with Gasteiger partial charge in [-0.1, -0.05) is 56.1 Å². The van der Waals surface area contributed by atoms with E-state index in [0.29, 0.717) is 22.0 Å². The van der Waals surface area contributed by atoms with Crippen molar-refractivity contribution in [3.8, 4) is 0 Å². The van der Waals surface area contributed by atoms with E-state index in [1.54, 1.807) is 0 Å². The van der Waals surface area contributed by atoms with Crippen LogP contribution in [0.15, 0.2) is 18.2 Å². The Morgan fingerprint density at radius 2 is 2.05 bits per heavy atom. The molecular formula is C15H21ClN2S. The van der Waals surface area contributed by atoms with E-state index in [9.17, 15) is 0 Å². The smallest absolute Gasteiger partial charge is 0.107 e. The van der Waals surface area contributed by atoms with Gasteiger partial charge in [0.05, 0.1) is 10.6 Å². The lowest BCUT2D eigenvalue weighted by Gasteiger charge is -2.25. The van der Waals surface area contributed by atoms with Crippen LogP contribution in [0.4, 0.5) is 5.69 Å². The molecule has 1 aliphatic carbocycles. The molecule has 1 aliphatic rings. The van der Waals surface area contributed by atoms with Crippen LogP contribution in [0.5, 0.6) is 0 Å². The van der Waals surface area contributed by atoms with Crippen LogP contribution in [0.3, 0.4) is 0 Å². The fraction of sp³-hybridized carbons (Fsp3) is 0.533. The first kappa shape index (κ1) is 14.6. The third-order valence-electron chi connectivity index (χ3n) is 3.96. The van der Waals surface area contributed by atoms with E-state index >= 15 is 0 Å². The van der Waals surface area contributed by atoms with Crippen LogP contribution in [-0.2, 0) is 0 Å². The summed E-state index contributed by atoms with van der Waals surface area (Å²) < 4.78 is 0. The minimum absolute atomic E-state index is 0.356. The van der Waals surface area contributed by atoms with E-state index in [1.807, 2.05) is 18.2 Å². The molecule has 104 valence electrons. The summed E-state index contributed by atoms with van der Waals surface area (Å²) in [5, 5.41) is 4.23. The van der Waals surface area contributed by atoms with Crippen molar-refractivity contribution in [3.63, 3.8) is 0 Å². The maximum Gasteiger partial charge on any atom is 0.107 e. The van der Waals surface area contributed by atoms with E-state index < -0.39 is 0 Å². The van der Waals surface area contributed by atoms with Crippen molar-refractivity contribution in [3.05, 3.63) is 28.8 Å². The standard InChI is InChI=1S/C15H21ClN2S/c1-10-6-3-2-4-8-12(10)18-13-9-5-7-11(16)14(13)15(17)19/h5,7,9-10,12,18H,2-4,6,8H2,1H3,(H2,17,19). The minimum Gasteiger partial charge on any atom is -0.389 e. The van der Waals surface area contributed by atoms with Gasteiger partial charge in [-0.3, -0.25) is 0 Å².